The fourth-order valence-corrected chi connectivity index (χ4v) is 4.57. The largest absolute Gasteiger partial charge is 0.495 e. The van der Waals surface area contributed by atoms with E-state index in [4.69, 9.17) is 14.2 Å². The Bertz CT molecular complexity index is 1400. The number of rotatable bonds is 9. The summed E-state index contributed by atoms with van der Waals surface area (Å²) in [5, 5.41) is 9.23. The highest BCUT2D eigenvalue weighted by molar-refractivity contribution is 14.1. The SMILES string of the molecule is COc1ccccc1NC(=O)C(=O)N/N=C/c1cc(I)c(OCC(=O)Nc2c(C)cc(C)cc2C)c(OC)c1. The van der Waals surface area contributed by atoms with Crippen LogP contribution >= 0.6 is 22.6 Å². The molecule has 0 fully saturated rings. The molecule has 204 valence electrons. The van der Waals surface area contributed by atoms with Crippen LogP contribution in [0.15, 0.2) is 53.6 Å². The Hall–Kier alpha value is -4.13. The topological polar surface area (TPSA) is 127 Å². The van der Waals surface area contributed by atoms with Crippen LogP contribution < -0.4 is 30.3 Å². The first-order valence-electron chi connectivity index (χ1n) is 11.8. The number of ether oxygens (including phenoxy) is 3. The van der Waals surface area contributed by atoms with Gasteiger partial charge in [0.1, 0.15) is 5.75 Å². The Kier molecular flexibility index (Phi) is 10.3. The lowest BCUT2D eigenvalue weighted by Crippen LogP contribution is -2.32. The zero-order valence-electron chi connectivity index (χ0n) is 22.2. The first kappa shape index (κ1) is 29.4. The van der Waals surface area contributed by atoms with Crippen molar-refractivity contribution in [2.75, 3.05) is 31.5 Å². The van der Waals surface area contributed by atoms with E-state index in [0.717, 1.165) is 22.4 Å². The number of benzene rings is 3. The molecule has 0 unspecified atom stereocenters. The molecule has 0 radical (unpaired) electrons. The maximum Gasteiger partial charge on any atom is 0.329 e. The fourth-order valence-electron chi connectivity index (χ4n) is 3.79. The number of methoxy groups -OCH3 is 2. The van der Waals surface area contributed by atoms with Crippen molar-refractivity contribution in [1.29, 1.82) is 0 Å². The van der Waals surface area contributed by atoms with E-state index < -0.39 is 11.8 Å². The van der Waals surface area contributed by atoms with Crippen LogP contribution in [0.2, 0.25) is 0 Å². The third-order valence-electron chi connectivity index (χ3n) is 5.48. The molecule has 0 atom stereocenters. The highest BCUT2D eigenvalue weighted by Gasteiger charge is 2.16. The Balaban J connectivity index is 1.61. The summed E-state index contributed by atoms with van der Waals surface area (Å²) in [5.41, 5.74) is 6.95. The quantitative estimate of drug-likeness (QED) is 0.138. The zero-order chi connectivity index (χ0) is 28.5. The molecule has 11 heteroatoms. The first-order valence-corrected chi connectivity index (χ1v) is 12.9. The van der Waals surface area contributed by atoms with Crippen molar-refractivity contribution in [2.24, 2.45) is 5.10 Å². The predicted octanol–water partition coefficient (Wildman–Crippen LogP) is 4.34. The van der Waals surface area contributed by atoms with Crippen molar-refractivity contribution >= 4 is 57.9 Å². The minimum absolute atomic E-state index is 0.218. The molecule has 0 aliphatic rings. The van der Waals surface area contributed by atoms with Crippen LogP contribution in [0.5, 0.6) is 17.2 Å². The summed E-state index contributed by atoms with van der Waals surface area (Å²) in [6.45, 7) is 5.67. The molecular weight excluding hydrogens is 615 g/mol. The van der Waals surface area contributed by atoms with E-state index in [1.165, 1.54) is 20.4 Å². The van der Waals surface area contributed by atoms with E-state index in [9.17, 15) is 14.4 Å². The number of nitrogens with zero attached hydrogens (tertiary/aromatic N) is 1. The molecule has 0 saturated heterocycles. The van der Waals surface area contributed by atoms with Gasteiger partial charge in [-0.25, -0.2) is 5.43 Å². The number of para-hydroxylation sites is 2. The van der Waals surface area contributed by atoms with Crippen LogP contribution in [-0.4, -0.2) is 44.8 Å². The number of hydrogen-bond donors (Lipinski definition) is 3. The molecule has 3 aromatic carbocycles. The van der Waals surface area contributed by atoms with Gasteiger partial charge in [-0.1, -0.05) is 29.8 Å². The lowest BCUT2D eigenvalue weighted by molar-refractivity contribution is -0.136. The van der Waals surface area contributed by atoms with E-state index >= 15 is 0 Å². The van der Waals surface area contributed by atoms with Crippen molar-refractivity contribution in [3.63, 3.8) is 0 Å². The minimum atomic E-state index is -0.955. The molecule has 3 aromatic rings. The lowest BCUT2D eigenvalue weighted by atomic mass is 10.1. The number of nitrogens with one attached hydrogen (secondary N) is 3. The van der Waals surface area contributed by atoms with Gasteiger partial charge in [0.25, 0.3) is 5.91 Å². The van der Waals surface area contributed by atoms with Gasteiger partial charge in [0.15, 0.2) is 18.1 Å². The first-order chi connectivity index (χ1) is 18.6. The van der Waals surface area contributed by atoms with Crippen LogP contribution in [0.25, 0.3) is 0 Å². The van der Waals surface area contributed by atoms with E-state index in [2.05, 4.69) is 43.8 Å². The van der Waals surface area contributed by atoms with Crippen LogP contribution in [0.1, 0.15) is 22.3 Å². The highest BCUT2D eigenvalue weighted by atomic mass is 127. The molecule has 0 heterocycles. The predicted molar refractivity (Wildman–Crippen MR) is 158 cm³/mol. The normalized spacial score (nSPS) is 10.6. The van der Waals surface area contributed by atoms with Crippen molar-refractivity contribution in [3.8, 4) is 17.2 Å². The summed E-state index contributed by atoms with van der Waals surface area (Å²) in [4.78, 5) is 36.9. The number of amides is 3. The maximum atomic E-state index is 12.6. The second-order valence-corrected chi connectivity index (χ2v) is 9.66. The molecule has 3 amide bonds. The summed E-state index contributed by atoms with van der Waals surface area (Å²) < 4.78 is 17.0. The monoisotopic (exact) mass is 644 g/mol. The van der Waals surface area contributed by atoms with E-state index in [1.54, 1.807) is 36.4 Å². The van der Waals surface area contributed by atoms with E-state index in [-0.39, 0.29) is 12.5 Å². The second-order valence-electron chi connectivity index (χ2n) is 8.50. The molecule has 10 nitrogen and oxygen atoms in total. The van der Waals surface area contributed by atoms with Gasteiger partial charge < -0.3 is 24.8 Å². The van der Waals surface area contributed by atoms with Crippen molar-refractivity contribution in [1.82, 2.24) is 5.43 Å². The summed E-state index contributed by atoms with van der Waals surface area (Å²) in [7, 11) is 2.94. The Morgan fingerprint density at radius 3 is 2.23 bits per heavy atom. The summed E-state index contributed by atoms with van der Waals surface area (Å²) >= 11 is 2.05. The van der Waals surface area contributed by atoms with Gasteiger partial charge in [0.05, 0.1) is 29.7 Å². The van der Waals surface area contributed by atoms with Crippen molar-refractivity contribution in [3.05, 3.63) is 74.4 Å². The van der Waals surface area contributed by atoms with Crippen LogP contribution in [0.4, 0.5) is 11.4 Å². The van der Waals surface area contributed by atoms with Crippen molar-refractivity contribution < 1.29 is 28.6 Å². The molecule has 0 aliphatic heterocycles. The standard InChI is InChI=1S/C28H29IN4O6/c1-16-10-17(2)25(18(3)11-16)32-24(34)15-39-26-20(29)12-19(13-23(26)38-5)14-30-33-28(36)27(35)31-21-8-6-7-9-22(21)37-4/h6-14H,15H2,1-5H3,(H,31,35)(H,32,34)(H,33,36)/b30-14+. The van der Waals surface area contributed by atoms with Crippen molar-refractivity contribution in [2.45, 2.75) is 20.8 Å². The van der Waals surface area contributed by atoms with E-state index in [1.807, 2.05) is 32.9 Å². The summed E-state index contributed by atoms with van der Waals surface area (Å²) in [6, 6.07) is 14.1. The number of anilines is 2. The number of carbonyl (C=O) groups is 3. The van der Waals surface area contributed by atoms with Gasteiger partial charge in [-0.05, 0) is 84.3 Å². The van der Waals surface area contributed by atoms with Crippen LogP contribution in [-0.2, 0) is 14.4 Å². The number of hydrogen-bond acceptors (Lipinski definition) is 7. The Morgan fingerprint density at radius 1 is 0.897 bits per heavy atom. The number of hydrazone groups is 1. The molecule has 0 spiro atoms. The van der Waals surface area contributed by atoms with Gasteiger partial charge in [-0.15, -0.1) is 0 Å². The number of halogens is 1. The van der Waals surface area contributed by atoms with Gasteiger partial charge in [0, 0.05) is 5.69 Å². The molecule has 0 aliphatic carbocycles. The van der Waals surface area contributed by atoms with Crippen LogP contribution in [0.3, 0.4) is 0 Å². The summed E-state index contributed by atoms with van der Waals surface area (Å²) in [6.07, 6.45) is 1.36. The van der Waals surface area contributed by atoms with Gasteiger partial charge >= 0.3 is 11.8 Å². The smallest absolute Gasteiger partial charge is 0.329 e. The maximum absolute atomic E-state index is 12.6. The molecule has 3 rings (SSSR count). The molecule has 3 N–H and O–H groups in total. The third-order valence-corrected chi connectivity index (χ3v) is 6.28. The van der Waals surface area contributed by atoms with Gasteiger partial charge in [-0.3, -0.25) is 14.4 Å². The fraction of sp³-hybridized carbons (Fsp3) is 0.214. The average molecular weight is 644 g/mol. The number of aryl methyl sites for hydroxylation is 3. The number of carbonyl (C=O) groups excluding carboxylic acids is 3. The average Bonchev–Trinajstić information content (AvgIpc) is 2.90. The molecular formula is C28H29IN4O6. The zero-order valence-corrected chi connectivity index (χ0v) is 24.3. The Morgan fingerprint density at radius 2 is 1.56 bits per heavy atom. The van der Waals surface area contributed by atoms with Gasteiger partial charge in [0.2, 0.25) is 0 Å². The molecule has 39 heavy (non-hydrogen) atoms. The van der Waals surface area contributed by atoms with E-state index in [0.29, 0.717) is 32.1 Å². The minimum Gasteiger partial charge on any atom is -0.495 e. The Labute approximate surface area is 240 Å². The second kappa shape index (κ2) is 13.6. The summed E-state index contributed by atoms with van der Waals surface area (Å²) in [5.74, 6) is -0.973. The molecule has 0 aromatic heterocycles. The molecule has 0 bridgehead atoms. The van der Waals surface area contributed by atoms with Crippen LogP contribution in [0, 0.1) is 24.3 Å². The van der Waals surface area contributed by atoms with Gasteiger partial charge in [-0.2, -0.15) is 5.10 Å². The highest BCUT2D eigenvalue weighted by Crippen LogP contribution is 2.33. The molecule has 0 saturated carbocycles. The lowest BCUT2D eigenvalue weighted by Gasteiger charge is -2.15. The third kappa shape index (κ3) is 7.93.